The number of fused-ring (bicyclic) bond motifs is 1. The number of hydrogen-bond donors (Lipinski definition) is 0. The lowest BCUT2D eigenvalue weighted by Gasteiger charge is -2.09. The first kappa shape index (κ1) is 7.10. The number of halogens is 1. The van der Waals surface area contributed by atoms with Gasteiger partial charge in [0.15, 0.2) is 0 Å². The van der Waals surface area contributed by atoms with Crippen LogP contribution in [0.3, 0.4) is 0 Å². The van der Waals surface area contributed by atoms with Gasteiger partial charge in [0.25, 0.3) is 0 Å². The second-order valence-corrected chi connectivity index (χ2v) is 3.59. The van der Waals surface area contributed by atoms with E-state index in [1.807, 2.05) is 17.9 Å². The van der Waals surface area contributed by atoms with E-state index in [9.17, 15) is 0 Å². The second kappa shape index (κ2) is 2.48. The summed E-state index contributed by atoms with van der Waals surface area (Å²) in [4.78, 5) is 0. The Kier molecular flexibility index (Phi) is 1.60. The van der Waals surface area contributed by atoms with Gasteiger partial charge in [-0.05, 0) is 34.3 Å². The maximum atomic E-state index is 4.19. The molecular formula is C8H9BrN2. The highest BCUT2D eigenvalue weighted by atomic mass is 79.9. The third-order valence-electron chi connectivity index (χ3n) is 1.98. The van der Waals surface area contributed by atoms with Crippen LogP contribution in [0.4, 0.5) is 0 Å². The third-order valence-corrected chi connectivity index (χ3v) is 2.68. The van der Waals surface area contributed by atoms with Crippen LogP contribution in [-0.2, 0) is 13.5 Å². The molecule has 1 aliphatic rings. The lowest BCUT2D eigenvalue weighted by atomic mass is 10.1. The van der Waals surface area contributed by atoms with Crippen molar-refractivity contribution in [3.8, 4) is 0 Å². The van der Waals surface area contributed by atoms with E-state index < -0.39 is 0 Å². The number of aryl methyl sites for hydroxylation is 2. The lowest BCUT2D eigenvalue weighted by molar-refractivity contribution is 0.755. The van der Waals surface area contributed by atoms with E-state index in [1.165, 1.54) is 15.7 Å². The molecule has 11 heavy (non-hydrogen) atoms. The molecule has 2 rings (SSSR count). The number of aromatic nitrogens is 2. The predicted molar refractivity (Wildman–Crippen MR) is 48.4 cm³/mol. The molecule has 58 valence electrons. The summed E-state index contributed by atoms with van der Waals surface area (Å²) >= 11 is 3.52. The molecule has 1 aromatic rings. The Balaban J connectivity index is 2.61. The molecule has 0 N–H and O–H groups in total. The van der Waals surface area contributed by atoms with E-state index >= 15 is 0 Å². The minimum Gasteiger partial charge on any atom is -0.267 e. The largest absolute Gasteiger partial charge is 0.267 e. The fourth-order valence-corrected chi connectivity index (χ4v) is 2.17. The van der Waals surface area contributed by atoms with Gasteiger partial charge in [0, 0.05) is 11.5 Å². The van der Waals surface area contributed by atoms with Crippen LogP contribution in [0.15, 0.2) is 12.3 Å². The average molecular weight is 213 g/mol. The van der Waals surface area contributed by atoms with Gasteiger partial charge in [-0.25, -0.2) is 0 Å². The zero-order valence-corrected chi connectivity index (χ0v) is 7.93. The molecule has 0 fully saturated rings. The molecule has 0 aliphatic heterocycles. The number of rotatable bonds is 0. The van der Waals surface area contributed by atoms with E-state index in [0.717, 1.165) is 12.8 Å². The van der Waals surface area contributed by atoms with Crippen molar-refractivity contribution in [2.45, 2.75) is 12.8 Å². The Hall–Kier alpha value is -0.570. The van der Waals surface area contributed by atoms with E-state index in [-0.39, 0.29) is 0 Å². The van der Waals surface area contributed by atoms with Gasteiger partial charge in [-0.15, -0.1) is 0 Å². The van der Waals surface area contributed by atoms with Crippen molar-refractivity contribution in [3.63, 3.8) is 0 Å². The van der Waals surface area contributed by atoms with Gasteiger partial charge in [-0.1, -0.05) is 6.08 Å². The van der Waals surface area contributed by atoms with E-state index in [0.29, 0.717) is 0 Å². The van der Waals surface area contributed by atoms with Crippen LogP contribution in [0.1, 0.15) is 17.7 Å². The maximum Gasteiger partial charge on any atom is 0.0777 e. The Labute approximate surface area is 74.0 Å². The summed E-state index contributed by atoms with van der Waals surface area (Å²) in [5.41, 5.74) is 2.58. The van der Waals surface area contributed by atoms with Crippen molar-refractivity contribution >= 4 is 20.4 Å². The summed E-state index contributed by atoms with van der Waals surface area (Å²) in [6.45, 7) is 0. The number of allylic oxidation sites excluding steroid dienone is 1. The van der Waals surface area contributed by atoms with Crippen LogP contribution in [0, 0.1) is 0 Å². The Morgan fingerprint density at radius 3 is 3.18 bits per heavy atom. The van der Waals surface area contributed by atoms with Gasteiger partial charge >= 0.3 is 0 Å². The first-order valence-electron chi connectivity index (χ1n) is 3.66. The zero-order chi connectivity index (χ0) is 7.84. The van der Waals surface area contributed by atoms with E-state index in [4.69, 9.17) is 0 Å². The van der Waals surface area contributed by atoms with Crippen molar-refractivity contribution < 1.29 is 0 Å². The van der Waals surface area contributed by atoms with Crippen molar-refractivity contribution in [2.75, 3.05) is 0 Å². The molecule has 0 spiro atoms. The first-order valence-corrected chi connectivity index (χ1v) is 4.45. The van der Waals surface area contributed by atoms with Gasteiger partial charge < -0.3 is 0 Å². The quantitative estimate of drug-likeness (QED) is 0.645. The lowest BCUT2D eigenvalue weighted by Crippen LogP contribution is -2.00. The van der Waals surface area contributed by atoms with Gasteiger partial charge in [-0.2, -0.15) is 5.10 Å². The SMILES string of the molecule is Cn1ncc2c1C(Br)=CCC2. The number of hydrogen-bond acceptors (Lipinski definition) is 1. The van der Waals surface area contributed by atoms with Crippen LogP contribution in [0.5, 0.6) is 0 Å². The van der Waals surface area contributed by atoms with Gasteiger partial charge in [0.2, 0.25) is 0 Å². The minimum absolute atomic E-state index is 1.12. The normalized spacial score (nSPS) is 16.0. The summed E-state index contributed by atoms with van der Waals surface area (Å²) in [5.74, 6) is 0. The molecule has 0 unspecified atom stereocenters. The van der Waals surface area contributed by atoms with Crippen molar-refractivity contribution in [1.82, 2.24) is 9.78 Å². The molecule has 1 heterocycles. The van der Waals surface area contributed by atoms with Gasteiger partial charge in [0.1, 0.15) is 0 Å². The topological polar surface area (TPSA) is 17.8 Å². The Bertz CT molecular complexity index is 312. The van der Waals surface area contributed by atoms with Crippen LogP contribution >= 0.6 is 15.9 Å². The third kappa shape index (κ3) is 1.03. The molecule has 0 saturated heterocycles. The number of nitrogens with zero attached hydrogens (tertiary/aromatic N) is 2. The van der Waals surface area contributed by atoms with Crippen molar-refractivity contribution in [2.24, 2.45) is 7.05 Å². The zero-order valence-electron chi connectivity index (χ0n) is 6.34. The standard InChI is InChI=1S/C8H9BrN2/c1-11-8-6(5-10-11)3-2-4-7(8)9/h4-5H,2-3H2,1H3. The molecule has 0 saturated carbocycles. The molecular weight excluding hydrogens is 204 g/mol. The molecule has 0 amide bonds. The summed E-state index contributed by atoms with van der Waals surface area (Å²) in [6.07, 6.45) is 6.39. The molecule has 2 nitrogen and oxygen atoms in total. The van der Waals surface area contributed by atoms with E-state index in [1.54, 1.807) is 0 Å². The molecule has 3 heteroatoms. The summed E-state index contributed by atoms with van der Waals surface area (Å²) in [6, 6.07) is 0. The summed E-state index contributed by atoms with van der Waals surface area (Å²) < 4.78 is 3.09. The molecule has 1 aromatic heterocycles. The Morgan fingerprint density at radius 1 is 1.64 bits per heavy atom. The first-order chi connectivity index (χ1) is 5.29. The molecule has 0 bridgehead atoms. The average Bonchev–Trinajstić information content (AvgIpc) is 2.34. The molecule has 0 atom stereocenters. The fourth-order valence-electron chi connectivity index (χ4n) is 1.42. The highest BCUT2D eigenvalue weighted by Gasteiger charge is 2.13. The van der Waals surface area contributed by atoms with Crippen molar-refractivity contribution in [1.29, 1.82) is 0 Å². The smallest absolute Gasteiger partial charge is 0.0777 e. The highest BCUT2D eigenvalue weighted by Crippen LogP contribution is 2.29. The van der Waals surface area contributed by atoms with Crippen molar-refractivity contribution in [3.05, 3.63) is 23.5 Å². The van der Waals surface area contributed by atoms with Gasteiger partial charge in [-0.3, -0.25) is 4.68 Å². The van der Waals surface area contributed by atoms with E-state index in [2.05, 4.69) is 27.1 Å². The Morgan fingerprint density at radius 2 is 2.45 bits per heavy atom. The monoisotopic (exact) mass is 212 g/mol. The summed E-state index contributed by atoms with van der Waals surface area (Å²) in [7, 11) is 1.97. The van der Waals surface area contributed by atoms with Crippen LogP contribution in [-0.4, -0.2) is 9.78 Å². The molecule has 0 radical (unpaired) electrons. The minimum atomic E-state index is 1.12. The summed E-state index contributed by atoms with van der Waals surface area (Å²) in [5, 5.41) is 4.19. The van der Waals surface area contributed by atoms with Crippen LogP contribution in [0.2, 0.25) is 0 Å². The maximum absolute atomic E-state index is 4.19. The predicted octanol–water partition coefficient (Wildman–Crippen LogP) is 2.10. The highest BCUT2D eigenvalue weighted by molar-refractivity contribution is 9.15. The van der Waals surface area contributed by atoms with Gasteiger partial charge in [0.05, 0.1) is 11.9 Å². The second-order valence-electron chi connectivity index (χ2n) is 2.73. The van der Waals surface area contributed by atoms with Crippen LogP contribution < -0.4 is 0 Å². The van der Waals surface area contributed by atoms with Crippen LogP contribution in [0.25, 0.3) is 4.48 Å². The fraction of sp³-hybridized carbons (Fsp3) is 0.375. The molecule has 0 aromatic carbocycles. The molecule has 1 aliphatic carbocycles.